The summed E-state index contributed by atoms with van der Waals surface area (Å²) < 4.78 is 4.87. The summed E-state index contributed by atoms with van der Waals surface area (Å²) in [6.45, 7) is 1.35. The molecule has 0 aliphatic heterocycles. The molecule has 0 saturated heterocycles. The first-order valence-electron chi connectivity index (χ1n) is 5.66. The Hall–Kier alpha value is -0.610. The highest BCUT2D eigenvalue weighted by molar-refractivity contribution is 5.75. The average Bonchev–Trinajstić information content (AvgIpc) is 2.62. The second-order valence-electron chi connectivity index (χ2n) is 4.23. The number of ether oxygens (including phenoxy) is 1. The minimum absolute atomic E-state index is 0.0911. The van der Waals surface area contributed by atoms with E-state index in [1.165, 1.54) is 0 Å². The van der Waals surface area contributed by atoms with Gasteiger partial charge in [-0.25, -0.2) is 0 Å². The molecule has 0 aromatic heterocycles. The zero-order chi connectivity index (χ0) is 11.1. The van der Waals surface area contributed by atoms with Gasteiger partial charge in [-0.2, -0.15) is 0 Å². The van der Waals surface area contributed by atoms with Gasteiger partial charge < -0.3 is 15.2 Å². The number of methoxy groups -OCH3 is 1. The lowest BCUT2D eigenvalue weighted by molar-refractivity contribution is -0.121. The number of carbonyl (C=O) groups is 1. The van der Waals surface area contributed by atoms with Crippen molar-refractivity contribution in [2.75, 3.05) is 20.3 Å². The molecule has 1 amide bonds. The first-order valence-corrected chi connectivity index (χ1v) is 5.66. The third kappa shape index (κ3) is 5.14. The predicted molar refractivity (Wildman–Crippen MR) is 57.5 cm³/mol. The molecule has 1 fully saturated rings. The summed E-state index contributed by atoms with van der Waals surface area (Å²) in [4.78, 5) is 11.3. The number of aliphatic hydroxyl groups is 1. The van der Waals surface area contributed by atoms with Crippen LogP contribution in [0.1, 0.15) is 32.1 Å². The zero-order valence-corrected chi connectivity index (χ0v) is 9.37. The third-order valence-electron chi connectivity index (χ3n) is 2.85. The topological polar surface area (TPSA) is 58.6 Å². The van der Waals surface area contributed by atoms with Crippen molar-refractivity contribution < 1.29 is 14.6 Å². The van der Waals surface area contributed by atoms with Crippen molar-refractivity contribution >= 4 is 5.91 Å². The Bertz CT molecular complexity index is 196. The first-order chi connectivity index (χ1) is 7.22. The summed E-state index contributed by atoms with van der Waals surface area (Å²) in [5.41, 5.74) is 0. The Morgan fingerprint density at radius 1 is 1.53 bits per heavy atom. The van der Waals surface area contributed by atoms with Crippen LogP contribution in [0.25, 0.3) is 0 Å². The van der Waals surface area contributed by atoms with Crippen LogP contribution < -0.4 is 5.32 Å². The summed E-state index contributed by atoms with van der Waals surface area (Å²) in [7, 11) is 1.64. The molecule has 0 aromatic carbocycles. The second kappa shape index (κ2) is 6.80. The fourth-order valence-corrected chi connectivity index (χ4v) is 1.96. The lowest BCUT2D eigenvalue weighted by Crippen LogP contribution is -2.28. The van der Waals surface area contributed by atoms with Crippen molar-refractivity contribution in [3.8, 4) is 0 Å². The summed E-state index contributed by atoms with van der Waals surface area (Å²) in [6.07, 6.45) is 3.89. The highest BCUT2D eigenvalue weighted by atomic mass is 16.5. The molecule has 2 unspecified atom stereocenters. The van der Waals surface area contributed by atoms with Crippen molar-refractivity contribution in [2.24, 2.45) is 5.92 Å². The summed E-state index contributed by atoms with van der Waals surface area (Å²) in [5.74, 6) is 0.555. The number of nitrogens with one attached hydrogen (secondary N) is 1. The first kappa shape index (κ1) is 12.5. The number of carbonyl (C=O) groups excluding carboxylic acids is 1. The molecule has 0 aromatic rings. The van der Waals surface area contributed by atoms with Gasteiger partial charge in [-0.05, 0) is 31.6 Å². The highest BCUT2D eigenvalue weighted by Gasteiger charge is 2.22. The molecule has 1 aliphatic rings. The van der Waals surface area contributed by atoms with Gasteiger partial charge in [0.1, 0.15) is 0 Å². The number of hydrogen-bond donors (Lipinski definition) is 2. The molecule has 0 spiro atoms. The lowest BCUT2D eigenvalue weighted by atomic mass is 10.1. The molecule has 4 heteroatoms. The Kier molecular flexibility index (Phi) is 5.65. The summed E-state index contributed by atoms with van der Waals surface area (Å²) in [6, 6.07) is 0. The van der Waals surface area contributed by atoms with E-state index in [1.54, 1.807) is 7.11 Å². The van der Waals surface area contributed by atoms with Gasteiger partial charge in [0.15, 0.2) is 0 Å². The van der Waals surface area contributed by atoms with Crippen molar-refractivity contribution in [1.29, 1.82) is 0 Å². The van der Waals surface area contributed by atoms with Crippen LogP contribution in [-0.4, -0.2) is 37.4 Å². The van der Waals surface area contributed by atoms with Gasteiger partial charge in [0.2, 0.25) is 5.91 Å². The summed E-state index contributed by atoms with van der Waals surface area (Å²) in [5, 5.41) is 12.2. The predicted octanol–water partition coefficient (Wildman–Crippen LogP) is 0.690. The Morgan fingerprint density at radius 3 is 2.93 bits per heavy atom. The van der Waals surface area contributed by atoms with Gasteiger partial charge in [0, 0.05) is 26.7 Å². The quantitative estimate of drug-likeness (QED) is 0.641. The highest BCUT2D eigenvalue weighted by Crippen LogP contribution is 2.24. The van der Waals surface area contributed by atoms with Gasteiger partial charge in [-0.15, -0.1) is 0 Å². The van der Waals surface area contributed by atoms with Crippen molar-refractivity contribution in [3.05, 3.63) is 0 Å². The maximum absolute atomic E-state index is 11.3. The zero-order valence-electron chi connectivity index (χ0n) is 9.37. The molecule has 88 valence electrons. The van der Waals surface area contributed by atoms with Gasteiger partial charge in [-0.1, -0.05) is 0 Å². The minimum Gasteiger partial charge on any atom is -0.393 e. The maximum atomic E-state index is 11.3. The molecular weight excluding hydrogens is 194 g/mol. The molecule has 0 heterocycles. The normalized spacial score (nSPS) is 25.5. The minimum atomic E-state index is -0.152. The third-order valence-corrected chi connectivity index (χ3v) is 2.85. The van der Waals surface area contributed by atoms with E-state index in [0.29, 0.717) is 25.5 Å². The van der Waals surface area contributed by atoms with E-state index in [4.69, 9.17) is 4.74 Å². The largest absolute Gasteiger partial charge is 0.393 e. The SMILES string of the molecule is COCCCC(=O)NCC1CCC(O)C1. The van der Waals surface area contributed by atoms with E-state index in [-0.39, 0.29) is 12.0 Å². The van der Waals surface area contributed by atoms with Crippen LogP contribution in [0.5, 0.6) is 0 Å². The van der Waals surface area contributed by atoms with E-state index in [9.17, 15) is 9.90 Å². The lowest BCUT2D eigenvalue weighted by Gasteiger charge is -2.10. The van der Waals surface area contributed by atoms with Gasteiger partial charge in [0.25, 0.3) is 0 Å². The van der Waals surface area contributed by atoms with Crippen molar-refractivity contribution in [1.82, 2.24) is 5.32 Å². The van der Waals surface area contributed by atoms with E-state index < -0.39 is 0 Å². The van der Waals surface area contributed by atoms with Gasteiger partial charge in [0.05, 0.1) is 6.10 Å². The Morgan fingerprint density at radius 2 is 2.33 bits per heavy atom. The van der Waals surface area contributed by atoms with Gasteiger partial charge in [-0.3, -0.25) is 4.79 Å². The van der Waals surface area contributed by atoms with Crippen LogP contribution in [0.4, 0.5) is 0 Å². The van der Waals surface area contributed by atoms with Crippen LogP contribution >= 0.6 is 0 Å². The molecule has 1 rings (SSSR count). The molecule has 15 heavy (non-hydrogen) atoms. The molecule has 4 nitrogen and oxygen atoms in total. The maximum Gasteiger partial charge on any atom is 0.220 e. The monoisotopic (exact) mass is 215 g/mol. The fraction of sp³-hybridized carbons (Fsp3) is 0.909. The molecular formula is C11H21NO3. The number of amides is 1. The summed E-state index contributed by atoms with van der Waals surface area (Å²) >= 11 is 0. The van der Waals surface area contributed by atoms with Crippen molar-refractivity contribution in [2.45, 2.75) is 38.2 Å². The Balaban J connectivity index is 2.01. The smallest absolute Gasteiger partial charge is 0.220 e. The average molecular weight is 215 g/mol. The molecule has 1 saturated carbocycles. The molecule has 0 bridgehead atoms. The van der Waals surface area contributed by atoms with E-state index in [1.807, 2.05) is 0 Å². The molecule has 1 aliphatic carbocycles. The molecule has 2 atom stereocenters. The number of hydrogen-bond acceptors (Lipinski definition) is 3. The van der Waals surface area contributed by atoms with Crippen LogP contribution in [0.2, 0.25) is 0 Å². The van der Waals surface area contributed by atoms with E-state index >= 15 is 0 Å². The van der Waals surface area contributed by atoms with Crippen LogP contribution in [0.3, 0.4) is 0 Å². The van der Waals surface area contributed by atoms with Crippen molar-refractivity contribution in [3.63, 3.8) is 0 Å². The Labute approximate surface area is 91.0 Å². The number of rotatable bonds is 6. The fourth-order valence-electron chi connectivity index (χ4n) is 1.96. The number of aliphatic hydroxyl groups excluding tert-OH is 1. The second-order valence-corrected chi connectivity index (χ2v) is 4.23. The van der Waals surface area contributed by atoms with E-state index in [0.717, 1.165) is 25.7 Å². The molecule has 0 radical (unpaired) electrons. The van der Waals surface area contributed by atoms with Crippen LogP contribution in [0.15, 0.2) is 0 Å². The van der Waals surface area contributed by atoms with Gasteiger partial charge >= 0.3 is 0 Å². The van der Waals surface area contributed by atoms with Crippen LogP contribution in [-0.2, 0) is 9.53 Å². The standard InChI is InChI=1S/C11H21NO3/c1-15-6-2-3-11(14)12-8-9-4-5-10(13)7-9/h9-10,13H,2-8H2,1H3,(H,12,14). The van der Waals surface area contributed by atoms with Crippen LogP contribution in [0, 0.1) is 5.92 Å². The molecule has 2 N–H and O–H groups in total. The van der Waals surface area contributed by atoms with E-state index in [2.05, 4.69) is 5.32 Å².